The Hall–Kier alpha value is -6.96. The zero-order chi connectivity index (χ0) is 37.6. The van der Waals surface area contributed by atoms with Gasteiger partial charge in [-0.15, -0.1) is 0 Å². The van der Waals surface area contributed by atoms with Gasteiger partial charge in [0.15, 0.2) is 0 Å². The number of fused-ring (bicyclic) bond motifs is 4. The van der Waals surface area contributed by atoms with Crippen molar-refractivity contribution in [2.45, 2.75) is 19.3 Å². The maximum Gasteiger partial charge on any atom is 0.0546 e. The van der Waals surface area contributed by atoms with Crippen molar-refractivity contribution in [3.63, 3.8) is 0 Å². The minimum absolute atomic E-state index is 0.153. The quantitative estimate of drug-likeness (QED) is 0.159. The Labute approximate surface area is 329 Å². The van der Waals surface area contributed by atoms with Crippen LogP contribution in [0.15, 0.2) is 212 Å². The molecule has 0 aliphatic heterocycles. The van der Waals surface area contributed by atoms with Gasteiger partial charge in [-0.3, -0.25) is 0 Å². The van der Waals surface area contributed by atoms with Crippen molar-refractivity contribution in [1.29, 1.82) is 0 Å². The van der Waals surface area contributed by atoms with Crippen molar-refractivity contribution >= 4 is 27.8 Å². The third-order valence-electron chi connectivity index (χ3n) is 11.7. The maximum absolute atomic E-state index is 2.52. The van der Waals surface area contributed by atoms with Crippen LogP contribution in [0.4, 0.5) is 17.1 Å². The van der Waals surface area contributed by atoms with E-state index in [1.54, 1.807) is 0 Å². The molecule has 1 nitrogen and oxygen atoms in total. The van der Waals surface area contributed by atoms with Gasteiger partial charge in [0.05, 0.1) is 11.4 Å². The number of para-hydroxylation sites is 1. The van der Waals surface area contributed by atoms with E-state index >= 15 is 0 Å². The minimum atomic E-state index is -0.153. The fraction of sp³-hybridized carbons (Fsp3) is 0.0545. The van der Waals surface area contributed by atoms with Crippen LogP contribution in [0.2, 0.25) is 0 Å². The summed E-state index contributed by atoms with van der Waals surface area (Å²) < 4.78 is 0. The van der Waals surface area contributed by atoms with Crippen LogP contribution in [0.1, 0.15) is 25.0 Å². The van der Waals surface area contributed by atoms with Crippen LogP contribution in [0.25, 0.3) is 66.4 Å². The highest BCUT2D eigenvalue weighted by Crippen LogP contribution is 2.54. The molecule has 0 amide bonds. The van der Waals surface area contributed by atoms with Gasteiger partial charge in [0.25, 0.3) is 0 Å². The predicted molar refractivity (Wildman–Crippen MR) is 238 cm³/mol. The summed E-state index contributed by atoms with van der Waals surface area (Å²) in [6.07, 6.45) is 0. The summed E-state index contributed by atoms with van der Waals surface area (Å²) in [5.74, 6) is 0. The van der Waals surface area contributed by atoms with Gasteiger partial charge in [0, 0.05) is 22.2 Å². The summed E-state index contributed by atoms with van der Waals surface area (Å²) in [5.41, 5.74) is 18.1. The summed E-state index contributed by atoms with van der Waals surface area (Å²) in [5, 5.41) is 2.46. The lowest BCUT2D eigenvalue weighted by atomic mass is 9.82. The second kappa shape index (κ2) is 13.7. The van der Waals surface area contributed by atoms with Crippen LogP contribution in [0, 0.1) is 0 Å². The topological polar surface area (TPSA) is 3.24 Å². The summed E-state index contributed by atoms with van der Waals surface area (Å²) in [4.78, 5) is 2.52. The van der Waals surface area contributed by atoms with E-state index in [-0.39, 0.29) is 5.41 Å². The zero-order valence-corrected chi connectivity index (χ0v) is 31.7. The molecule has 10 rings (SSSR count). The average molecular weight is 716 g/mol. The summed E-state index contributed by atoms with van der Waals surface area (Å²) >= 11 is 0. The Balaban J connectivity index is 1.32. The Kier molecular flexibility index (Phi) is 8.23. The molecule has 0 saturated carbocycles. The third kappa shape index (κ3) is 5.55. The van der Waals surface area contributed by atoms with E-state index in [2.05, 4.69) is 231 Å². The lowest BCUT2D eigenvalue weighted by Gasteiger charge is -2.32. The number of benzene rings is 9. The zero-order valence-electron chi connectivity index (χ0n) is 31.7. The van der Waals surface area contributed by atoms with Crippen molar-refractivity contribution in [3.8, 4) is 55.6 Å². The van der Waals surface area contributed by atoms with E-state index in [1.807, 2.05) is 0 Å². The van der Waals surface area contributed by atoms with Gasteiger partial charge >= 0.3 is 0 Å². The normalized spacial score (nSPS) is 12.6. The molecule has 0 aromatic heterocycles. The van der Waals surface area contributed by atoms with Crippen molar-refractivity contribution in [3.05, 3.63) is 223 Å². The van der Waals surface area contributed by atoms with E-state index in [0.29, 0.717) is 0 Å². The molecule has 56 heavy (non-hydrogen) atoms. The first-order valence-electron chi connectivity index (χ1n) is 19.5. The van der Waals surface area contributed by atoms with Gasteiger partial charge in [-0.2, -0.15) is 0 Å². The number of rotatable bonds is 7. The molecule has 266 valence electrons. The molecule has 9 aromatic carbocycles. The SMILES string of the molecule is CC1(C)c2ccccc2-c2ccc(N(c3ccccc3-c3ccccc3)c3cccc(-c4cccc5ccccc45)c3-c3ccccc3-c3ccccc3)cc21. The van der Waals surface area contributed by atoms with Gasteiger partial charge in [0.1, 0.15) is 0 Å². The summed E-state index contributed by atoms with van der Waals surface area (Å²) in [6.45, 7) is 4.73. The molecule has 1 aliphatic carbocycles. The molecule has 0 bridgehead atoms. The van der Waals surface area contributed by atoms with E-state index in [4.69, 9.17) is 0 Å². The van der Waals surface area contributed by atoms with Gasteiger partial charge < -0.3 is 4.90 Å². The first-order valence-corrected chi connectivity index (χ1v) is 19.5. The van der Waals surface area contributed by atoms with Crippen LogP contribution < -0.4 is 4.90 Å². The molecule has 1 heteroatoms. The second-order valence-corrected chi connectivity index (χ2v) is 15.3. The predicted octanol–water partition coefficient (Wildman–Crippen LogP) is 15.3. The van der Waals surface area contributed by atoms with E-state index in [1.165, 1.54) is 77.5 Å². The molecule has 9 aromatic rings. The van der Waals surface area contributed by atoms with E-state index < -0.39 is 0 Å². The summed E-state index contributed by atoms with van der Waals surface area (Å²) in [6, 6.07) is 77.8. The maximum atomic E-state index is 2.52. The Morgan fingerprint density at radius 1 is 0.339 bits per heavy atom. The highest BCUT2D eigenvalue weighted by molar-refractivity contribution is 6.07. The van der Waals surface area contributed by atoms with Crippen LogP contribution in [0.5, 0.6) is 0 Å². The van der Waals surface area contributed by atoms with Crippen LogP contribution in [-0.2, 0) is 5.41 Å². The van der Waals surface area contributed by atoms with Crippen molar-refractivity contribution in [1.82, 2.24) is 0 Å². The fourth-order valence-corrected chi connectivity index (χ4v) is 9.03. The van der Waals surface area contributed by atoms with Crippen molar-refractivity contribution in [2.24, 2.45) is 0 Å². The molecular formula is C55H41N. The standard InChI is InChI=1S/C55H41N/c1-55(2)50-32-15-13-28-46(50)47-36-35-41(37-51(47)55)56(52-33-16-14-27-44(52)40-21-7-4-8-22-40)53-34-18-31-49(45-30-17-24-39-23-9-10-25-42(39)45)54(53)48-29-12-11-26-43(48)38-19-5-3-6-20-38/h3-37H,1-2H3. The molecule has 1 aliphatic rings. The highest BCUT2D eigenvalue weighted by Gasteiger charge is 2.36. The smallest absolute Gasteiger partial charge is 0.0546 e. The second-order valence-electron chi connectivity index (χ2n) is 15.3. The van der Waals surface area contributed by atoms with Gasteiger partial charge in [-0.25, -0.2) is 0 Å². The molecular weight excluding hydrogens is 675 g/mol. The summed E-state index contributed by atoms with van der Waals surface area (Å²) in [7, 11) is 0. The lowest BCUT2D eigenvalue weighted by molar-refractivity contribution is 0.660. The van der Waals surface area contributed by atoms with Gasteiger partial charge in [0.2, 0.25) is 0 Å². The molecule has 0 N–H and O–H groups in total. The van der Waals surface area contributed by atoms with Crippen molar-refractivity contribution < 1.29 is 0 Å². The minimum Gasteiger partial charge on any atom is -0.309 e. The van der Waals surface area contributed by atoms with Crippen LogP contribution >= 0.6 is 0 Å². The number of anilines is 3. The monoisotopic (exact) mass is 715 g/mol. The van der Waals surface area contributed by atoms with Crippen LogP contribution in [-0.4, -0.2) is 0 Å². The third-order valence-corrected chi connectivity index (χ3v) is 11.7. The molecule has 0 heterocycles. The first kappa shape index (κ1) is 33.6. The Morgan fingerprint density at radius 3 is 1.64 bits per heavy atom. The Bertz CT molecular complexity index is 2880. The average Bonchev–Trinajstić information content (AvgIpc) is 3.49. The molecule has 0 fully saturated rings. The molecule has 0 spiro atoms. The molecule has 0 atom stereocenters. The molecule has 0 unspecified atom stereocenters. The number of nitrogens with zero attached hydrogens (tertiary/aromatic N) is 1. The molecule has 0 radical (unpaired) electrons. The lowest BCUT2D eigenvalue weighted by Crippen LogP contribution is -2.17. The largest absolute Gasteiger partial charge is 0.309 e. The highest BCUT2D eigenvalue weighted by atomic mass is 15.1. The van der Waals surface area contributed by atoms with E-state index in [9.17, 15) is 0 Å². The van der Waals surface area contributed by atoms with Gasteiger partial charge in [-0.05, 0) is 90.7 Å². The van der Waals surface area contributed by atoms with Gasteiger partial charge in [-0.1, -0.05) is 202 Å². The Morgan fingerprint density at radius 2 is 0.857 bits per heavy atom. The first-order chi connectivity index (χ1) is 27.6. The van der Waals surface area contributed by atoms with E-state index in [0.717, 1.165) is 17.1 Å². The number of hydrogen-bond donors (Lipinski definition) is 0. The fourth-order valence-electron chi connectivity index (χ4n) is 9.03. The molecule has 0 saturated heterocycles. The number of hydrogen-bond acceptors (Lipinski definition) is 1. The van der Waals surface area contributed by atoms with Crippen LogP contribution in [0.3, 0.4) is 0 Å². The van der Waals surface area contributed by atoms with Crippen molar-refractivity contribution in [2.75, 3.05) is 4.90 Å².